The van der Waals surface area contributed by atoms with Gasteiger partial charge in [-0.2, -0.15) is 0 Å². The Morgan fingerprint density at radius 3 is 2.39 bits per heavy atom. The van der Waals surface area contributed by atoms with E-state index in [1.54, 1.807) is 14.2 Å². The fraction of sp³-hybridized carbons (Fsp3) is 0.375. The zero-order valence-corrected chi connectivity index (χ0v) is 21.5. The maximum absolute atomic E-state index is 6.06. The van der Waals surface area contributed by atoms with Crippen molar-refractivity contribution in [3.63, 3.8) is 0 Å². The van der Waals surface area contributed by atoms with Crippen molar-refractivity contribution in [3.05, 3.63) is 89.0 Å². The van der Waals surface area contributed by atoms with Gasteiger partial charge in [-0.3, -0.25) is 4.90 Å². The SMILES string of the molecule is COc1ccc2c(c1)CC(Cc1ccc(OCCN3CCCCC3)cc1)C(c1ccccc1OC)=C2. The molecule has 1 fully saturated rings. The number of fused-ring (bicyclic) bond motifs is 1. The van der Waals surface area contributed by atoms with Gasteiger partial charge in [0.05, 0.1) is 14.2 Å². The summed E-state index contributed by atoms with van der Waals surface area (Å²) >= 11 is 0. The van der Waals surface area contributed by atoms with Gasteiger partial charge >= 0.3 is 0 Å². The summed E-state index contributed by atoms with van der Waals surface area (Å²) in [5.74, 6) is 3.12. The van der Waals surface area contributed by atoms with E-state index >= 15 is 0 Å². The van der Waals surface area contributed by atoms with Crippen molar-refractivity contribution in [1.82, 2.24) is 4.90 Å². The number of benzene rings is 3. The van der Waals surface area contributed by atoms with Crippen molar-refractivity contribution in [2.75, 3.05) is 40.5 Å². The van der Waals surface area contributed by atoms with Crippen LogP contribution in [-0.4, -0.2) is 45.4 Å². The van der Waals surface area contributed by atoms with E-state index in [9.17, 15) is 0 Å². The molecule has 0 saturated carbocycles. The van der Waals surface area contributed by atoms with E-state index in [0.717, 1.165) is 43.2 Å². The molecule has 1 aliphatic heterocycles. The van der Waals surface area contributed by atoms with Crippen molar-refractivity contribution >= 4 is 11.6 Å². The lowest BCUT2D eigenvalue weighted by Gasteiger charge is -2.28. The molecule has 4 heteroatoms. The average Bonchev–Trinajstić information content (AvgIpc) is 2.94. The van der Waals surface area contributed by atoms with Crippen LogP contribution >= 0.6 is 0 Å². The number of ether oxygens (including phenoxy) is 3. The van der Waals surface area contributed by atoms with Crippen LogP contribution in [0, 0.1) is 5.92 Å². The lowest BCUT2D eigenvalue weighted by Crippen LogP contribution is -2.33. The first-order valence-electron chi connectivity index (χ1n) is 13.2. The minimum atomic E-state index is 0.340. The van der Waals surface area contributed by atoms with Gasteiger partial charge in [-0.25, -0.2) is 0 Å². The van der Waals surface area contributed by atoms with E-state index in [1.165, 1.54) is 60.2 Å². The highest BCUT2D eigenvalue weighted by Crippen LogP contribution is 2.41. The smallest absolute Gasteiger partial charge is 0.126 e. The molecule has 1 unspecified atom stereocenters. The number of para-hydroxylation sites is 1. The average molecular weight is 484 g/mol. The van der Waals surface area contributed by atoms with Gasteiger partial charge in [0.25, 0.3) is 0 Å². The Hall–Kier alpha value is -3.24. The minimum Gasteiger partial charge on any atom is -0.497 e. The minimum absolute atomic E-state index is 0.340. The van der Waals surface area contributed by atoms with E-state index < -0.39 is 0 Å². The first kappa shape index (κ1) is 24.5. The second-order valence-electron chi connectivity index (χ2n) is 9.86. The molecule has 0 N–H and O–H groups in total. The lowest BCUT2D eigenvalue weighted by molar-refractivity contribution is 0.183. The van der Waals surface area contributed by atoms with E-state index in [1.807, 2.05) is 18.2 Å². The molecule has 1 heterocycles. The van der Waals surface area contributed by atoms with Crippen molar-refractivity contribution < 1.29 is 14.2 Å². The summed E-state index contributed by atoms with van der Waals surface area (Å²) in [6.45, 7) is 4.18. The molecule has 1 aliphatic carbocycles. The standard InChI is InChI=1S/C32H37NO3/c1-34-29-15-12-25-23-31(30-8-4-5-9-32(30)35-2)27(21-26(25)22-29)20-24-10-13-28(14-11-24)36-19-18-33-16-6-3-7-17-33/h4-5,8-15,22-23,27H,3,6-7,16-21H2,1-2H3. The molecule has 4 nitrogen and oxygen atoms in total. The topological polar surface area (TPSA) is 30.9 Å². The zero-order chi connectivity index (χ0) is 24.7. The fourth-order valence-corrected chi connectivity index (χ4v) is 5.53. The number of piperidine rings is 1. The molecule has 36 heavy (non-hydrogen) atoms. The molecule has 2 aliphatic rings. The highest BCUT2D eigenvalue weighted by Gasteiger charge is 2.25. The second kappa shape index (κ2) is 11.7. The van der Waals surface area contributed by atoms with E-state index in [2.05, 4.69) is 59.5 Å². The third-order valence-corrected chi connectivity index (χ3v) is 7.52. The molecule has 3 aromatic carbocycles. The fourth-order valence-electron chi connectivity index (χ4n) is 5.53. The number of likely N-dealkylation sites (tertiary alicyclic amines) is 1. The Kier molecular flexibility index (Phi) is 7.92. The van der Waals surface area contributed by atoms with Crippen LogP contribution in [-0.2, 0) is 12.8 Å². The maximum Gasteiger partial charge on any atom is 0.126 e. The number of hydrogen-bond acceptors (Lipinski definition) is 4. The molecular formula is C32H37NO3. The number of rotatable bonds is 9. The van der Waals surface area contributed by atoms with Crippen LogP contribution in [0.4, 0.5) is 0 Å². The van der Waals surface area contributed by atoms with E-state index in [4.69, 9.17) is 14.2 Å². The van der Waals surface area contributed by atoms with Crippen molar-refractivity contribution in [2.24, 2.45) is 5.92 Å². The van der Waals surface area contributed by atoms with Crippen molar-refractivity contribution in [3.8, 4) is 17.2 Å². The van der Waals surface area contributed by atoms with Gasteiger partial charge in [0.2, 0.25) is 0 Å². The van der Waals surface area contributed by atoms with Crippen LogP contribution in [0.25, 0.3) is 11.6 Å². The zero-order valence-electron chi connectivity index (χ0n) is 21.5. The monoisotopic (exact) mass is 483 g/mol. The van der Waals surface area contributed by atoms with Gasteiger partial charge in [-0.1, -0.05) is 48.9 Å². The summed E-state index contributed by atoms with van der Waals surface area (Å²) < 4.78 is 17.3. The molecule has 3 aromatic rings. The highest BCUT2D eigenvalue weighted by molar-refractivity contribution is 5.88. The number of hydrogen-bond donors (Lipinski definition) is 0. The van der Waals surface area contributed by atoms with Crippen LogP contribution < -0.4 is 14.2 Å². The van der Waals surface area contributed by atoms with Crippen LogP contribution in [0.2, 0.25) is 0 Å². The maximum atomic E-state index is 6.06. The molecule has 1 atom stereocenters. The highest BCUT2D eigenvalue weighted by atomic mass is 16.5. The van der Waals surface area contributed by atoms with Gasteiger partial charge in [0.15, 0.2) is 0 Å². The molecule has 0 aromatic heterocycles. The molecule has 0 amide bonds. The molecule has 0 radical (unpaired) electrons. The quantitative estimate of drug-likeness (QED) is 0.346. The Morgan fingerprint density at radius 1 is 0.833 bits per heavy atom. The van der Waals surface area contributed by atoms with Gasteiger partial charge < -0.3 is 14.2 Å². The molecule has 1 saturated heterocycles. The summed E-state index contributed by atoms with van der Waals surface area (Å²) in [4.78, 5) is 2.51. The van der Waals surface area contributed by atoms with Crippen LogP contribution in [0.5, 0.6) is 17.2 Å². The first-order valence-corrected chi connectivity index (χ1v) is 13.2. The number of allylic oxidation sites excluding steroid dienone is 1. The Bertz CT molecular complexity index is 1180. The second-order valence-corrected chi connectivity index (χ2v) is 9.86. The number of nitrogens with zero attached hydrogens (tertiary/aromatic N) is 1. The normalized spacial score (nSPS) is 17.7. The third kappa shape index (κ3) is 5.76. The molecular weight excluding hydrogens is 446 g/mol. The molecule has 5 rings (SSSR count). The van der Waals surface area contributed by atoms with E-state index in [0.29, 0.717) is 5.92 Å². The first-order chi connectivity index (χ1) is 17.7. The summed E-state index contributed by atoms with van der Waals surface area (Å²) in [6, 6.07) is 23.4. The summed E-state index contributed by atoms with van der Waals surface area (Å²) in [5.41, 5.74) is 6.40. The van der Waals surface area contributed by atoms with Crippen molar-refractivity contribution in [1.29, 1.82) is 0 Å². The van der Waals surface area contributed by atoms with Gasteiger partial charge in [-0.05, 0) is 97.3 Å². The van der Waals surface area contributed by atoms with Gasteiger partial charge in [0.1, 0.15) is 23.9 Å². The predicted molar refractivity (Wildman–Crippen MR) is 147 cm³/mol. The molecule has 0 bridgehead atoms. The molecule has 0 spiro atoms. The number of methoxy groups -OCH3 is 2. The Balaban J connectivity index is 1.32. The van der Waals surface area contributed by atoms with E-state index in [-0.39, 0.29) is 0 Å². The summed E-state index contributed by atoms with van der Waals surface area (Å²) in [6.07, 6.45) is 8.25. The van der Waals surface area contributed by atoms with Crippen LogP contribution in [0.15, 0.2) is 66.7 Å². The van der Waals surface area contributed by atoms with Crippen molar-refractivity contribution in [2.45, 2.75) is 32.1 Å². The summed E-state index contributed by atoms with van der Waals surface area (Å²) in [7, 11) is 3.48. The largest absolute Gasteiger partial charge is 0.497 e. The predicted octanol–water partition coefficient (Wildman–Crippen LogP) is 6.52. The summed E-state index contributed by atoms with van der Waals surface area (Å²) in [5, 5.41) is 0. The Morgan fingerprint density at radius 2 is 1.61 bits per heavy atom. The lowest BCUT2D eigenvalue weighted by atomic mass is 9.77. The van der Waals surface area contributed by atoms with Gasteiger partial charge in [0, 0.05) is 12.1 Å². The van der Waals surface area contributed by atoms with Crippen LogP contribution in [0.1, 0.15) is 41.5 Å². The molecule has 188 valence electrons. The van der Waals surface area contributed by atoms with Gasteiger partial charge in [-0.15, -0.1) is 0 Å². The Labute approximate surface area is 215 Å². The van der Waals surface area contributed by atoms with Crippen LogP contribution in [0.3, 0.4) is 0 Å². The third-order valence-electron chi connectivity index (χ3n) is 7.52.